The Morgan fingerprint density at radius 1 is 1.33 bits per heavy atom. The number of carbonyl (C=O) groups excluding carboxylic acids is 1. The Balaban J connectivity index is 1.84. The summed E-state index contributed by atoms with van der Waals surface area (Å²) < 4.78 is 1.69. The maximum Gasteiger partial charge on any atom is 0.328 e. The summed E-state index contributed by atoms with van der Waals surface area (Å²) in [6, 6.07) is 0. The van der Waals surface area contributed by atoms with Crippen LogP contribution in [0, 0.1) is 17.8 Å². The van der Waals surface area contributed by atoms with Crippen LogP contribution < -0.4 is 11.2 Å². The van der Waals surface area contributed by atoms with Gasteiger partial charge in [0.15, 0.2) is 5.78 Å². The minimum atomic E-state index is -0.562. The number of aromatic nitrogens is 2. The van der Waals surface area contributed by atoms with Crippen LogP contribution in [-0.4, -0.2) is 15.3 Å². The standard InChI is InChI=1S/C16H20N2O3/c1-9(19)12-8-18(15(21)17-14(12)20)16-5-4-10-2-3-11(7-16)13(16)6-10/h8,10-11,13H,2-7H2,1H3,(H,17,20,21). The minimum absolute atomic E-state index is 0.102. The summed E-state index contributed by atoms with van der Waals surface area (Å²) in [7, 11) is 0. The molecule has 1 heterocycles. The third-order valence-corrected chi connectivity index (χ3v) is 6.19. The van der Waals surface area contributed by atoms with E-state index in [1.807, 2.05) is 0 Å². The first-order chi connectivity index (χ1) is 10.0. The number of nitrogens with one attached hydrogen (secondary N) is 1. The van der Waals surface area contributed by atoms with E-state index in [1.165, 1.54) is 32.4 Å². The number of H-pyrrole nitrogens is 1. The lowest BCUT2D eigenvalue weighted by molar-refractivity contribution is -0.114. The molecule has 4 atom stereocenters. The molecule has 0 radical (unpaired) electrons. The zero-order valence-electron chi connectivity index (χ0n) is 12.2. The van der Waals surface area contributed by atoms with E-state index >= 15 is 0 Å². The second-order valence-corrected chi connectivity index (χ2v) is 7.12. The lowest BCUT2D eigenvalue weighted by atomic mass is 9.47. The van der Waals surface area contributed by atoms with E-state index in [0.29, 0.717) is 5.92 Å². The van der Waals surface area contributed by atoms with Crippen LogP contribution in [0.25, 0.3) is 0 Å². The molecular formula is C16H20N2O3. The minimum Gasteiger partial charge on any atom is -0.294 e. The number of carbonyl (C=O) groups is 1. The van der Waals surface area contributed by atoms with Crippen molar-refractivity contribution in [1.29, 1.82) is 0 Å². The molecule has 0 saturated heterocycles. The van der Waals surface area contributed by atoms with Crippen LogP contribution in [0.5, 0.6) is 0 Å². The lowest BCUT2D eigenvalue weighted by Crippen LogP contribution is -2.63. The normalized spacial score (nSPS) is 36.9. The predicted molar refractivity (Wildman–Crippen MR) is 77.5 cm³/mol. The van der Waals surface area contributed by atoms with Gasteiger partial charge in [0.25, 0.3) is 5.56 Å². The Kier molecular flexibility index (Phi) is 2.60. The third kappa shape index (κ3) is 1.66. The van der Waals surface area contributed by atoms with Gasteiger partial charge in [0.2, 0.25) is 0 Å². The lowest BCUT2D eigenvalue weighted by Gasteiger charge is -2.63. The van der Waals surface area contributed by atoms with Gasteiger partial charge in [-0.05, 0) is 56.8 Å². The molecular weight excluding hydrogens is 268 g/mol. The number of rotatable bonds is 2. The molecule has 4 rings (SSSR count). The van der Waals surface area contributed by atoms with Crippen molar-refractivity contribution in [2.24, 2.45) is 17.8 Å². The Hall–Kier alpha value is -1.65. The quantitative estimate of drug-likeness (QED) is 0.841. The van der Waals surface area contributed by atoms with Crippen LogP contribution in [0.3, 0.4) is 0 Å². The van der Waals surface area contributed by atoms with Crippen molar-refractivity contribution < 1.29 is 4.79 Å². The van der Waals surface area contributed by atoms with Crippen molar-refractivity contribution in [3.05, 3.63) is 32.6 Å². The van der Waals surface area contributed by atoms with E-state index in [4.69, 9.17) is 0 Å². The summed E-state index contributed by atoms with van der Waals surface area (Å²) in [5.41, 5.74) is -0.959. The smallest absolute Gasteiger partial charge is 0.294 e. The fourth-order valence-corrected chi connectivity index (χ4v) is 5.12. The molecule has 5 heteroatoms. The Bertz CT molecular complexity index is 728. The van der Waals surface area contributed by atoms with Gasteiger partial charge in [0.1, 0.15) is 0 Å². The van der Waals surface area contributed by atoms with E-state index in [9.17, 15) is 14.4 Å². The second kappa shape index (κ2) is 4.18. The van der Waals surface area contributed by atoms with Crippen molar-refractivity contribution in [3.63, 3.8) is 0 Å². The summed E-state index contributed by atoms with van der Waals surface area (Å²) in [6.07, 6.45) is 8.51. The maximum absolute atomic E-state index is 12.3. The highest BCUT2D eigenvalue weighted by Gasteiger charge is 2.59. The van der Waals surface area contributed by atoms with Crippen molar-refractivity contribution >= 4 is 5.78 Å². The van der Waals surface area contributed by atoms with Gasteiger partial charge >= 0.3 is 5.69 Å². The van der Waals surface area contributed by atoms with Gasteiger partial charge in [0, 0.05) is 6.20 Å². The average Bonchev–Trinajstić information content (AvgIpc) is 2.38. The van der Waals surface area contributed by atoms with Gasteiger partial charge < -0.3 is 0 Å². The summed E-state index contributed by atoms with van der Waals surface area (Å²) in [5, 5.41) is 0. The van der Waals surface area contributed by atoms with Crippen LogP contribution in [-0.2, 0) is 5.54 Å². The summed E-state index contributed by atoms with van der Waals surface area (Å²) in [4.78, 5) is 38.0. The number of hydrogen-bond donors (Lipinski definition) is 1. The van der Waals surface area contributed by atoms with Crippen molar-refractivity contribution in [3.8, 4) is 0 Å². The number of fused-ring (bicyclic) bond motifs is 1. The molecule has 1 N–H and O–H groups in total. The highest BCUT2D eigenvalue weighted by molar-refractivity contribution is 5.93. The number of ketones is 1. The third-order valence-electron chi connectivity index (χ3n) is 6.19. The van der Waals surface area contributed by atoms with Crippen LogP contribution in [0.4, 0.5) is 0 Å². The monoisotopic (exact) mass is 288 g/mol. The number of hydrogen-bond acceptors (Lipinski definition) is 3. The highest BCUT2D eigenvalue weighted by atomic mass is 16.2. The van der Waals surface area contributed by atoms with E-state index in [0.717, 1.165) is 31.1 Å². The van der Waals surface area contributed by atoms with Gasteiger partial charge in [-0.2, -0.15) is 0 Å². The van der Waals surface area contributed by atoms with Gasteiger partial charge in [-0.15, -0.1) is 0 Å². The van der Waals surface area contributed by atoms with Crippen LogP contribution >= 0.6 is 0 Å². The molecule has 0 spiro atoms. The molecule has 112 valence electrons. The number of nitrogens with zero attached hydrogens (tertiary/aromatic N) is 1. The topological polar surface area (TPSA) is 71.9 Å². The summed E-state index contributed by atoms with van der Waals surface area (Å²) in [5.74, 6) is 1.80. The first kappa shape index (κ1) is 13.0. The van der Waals surface area contributed by atoms with Gasteiger partial charge in [-0.3, -0.25) is 19.1 Å². The largest absolute Gasteiger partial charge is 0.328 e. The average molecular weight is 288 g/mol. The first-order valence-corrected chi connectivity index (χ1v) is 7.89. The Morgan fingerprint density at radius 3 is 2.90 bits per heavy atom. The van der Waals surface area contributed by atoms with Crippen LogP contribution in [0.15, 0.2) is 15.8 Å². The Morgan fingerprint density at radius 2 is 2.14 bits per heavy atom. The molecule has 2 bridgehead atoms. The Labute approximate surface area is 122 Å². The molecule has 3 aliphatic rings. The van der Waals surface area contributed by atoms with Crippen molar-refractivity contribution in [2.45, 2.75) is 51.0 Å². The summed E-state index contributed by atoms with van der Waals surface area (Å²) >= 11 is 0. The SMILES string of the molecule is CC(=O)c1cn(C23CCC4CCC(C2)C3C4)c(=O)[nH]c1=O. The fourth-order valence-electron chi connectivity index (χ4n) is 5.12. The zero-order chi connectivity index (χ0) is 14.8. The van der Waals surface area contributed by atoms with Gasteiger partial charge in [0.05, 0.1) is 11.1 Å². The molecule has 3 saturated carbocycles. The van der Waals surface area contributed by atoms with Gasteiger partial charge in [-0.1, -0.05) is 6.42 Å². The first-order valence-electron chi connectivity index (χ1n) is 7.89. The molecule has 1 aromatic rings. The van der Waals surface area contributed by atoms with E-state index < -0.39 is 5.56 Å². The number of aromatic amines is 1. The molecule has 0 amide bonds. The molecule has 0 aromatic carbocycles. The van der Waals surface area contributed by atoms with Crippen LogP contribution in [0.2, 0.25) is 0 Å². The molecule has 1 aromatic heterocycles. The fraction of sp³-hybridized carbons (Fsp3) is 0.688. The van der Waals surface area contributed by atoms with E-state index in [-0.39, 0.29) is 22.6 Å². The molecule has 4 unspecified atom stereocenters. The highest BCUT2D eigenvalue weighted by Crippen LogP contribution is 2.62. The number of Topliss-reactive ketones (excluding diaryl/α,β-unsaturated/α-hetero) is 1. The van der Waals surface area contributed by atoms with E-state index in [1.54, 1.807) is 4.57 Å². The van der Waals surface area contributed by atoms with Crippen LogP contribution in [0.1, 0.15) is 55.8 Å². The van der Waals surface area contributed by atoms with E-state index in [2.05, 4.69) is 4.98 Å². The molecule has 0 aliphatic heterocycles. The van der Waals surface area contributed by atoms with Crippen molar-refractivity contribution in [2.75, 3.05) is 0 Å². The molecule has 3 aliphatic carbocycles. The maximum atomic E-state index is 12.3. The van der Waals surface area contributed by atoms with Gasteiger partial charge in [-0.25, -0.2) is 4.79 Å². The zero-order valence-corrected chi connectivity index (χ0v) is 12.2. The molecule has 3 fully saturated rings. The molecule has 21 heavy (non-hydrogen) atoms. The molecule has 5 nitrogen and oxygen atoms in total. The predicted octanol–water partition coefficient (Wildman–Crippen LogP) is 1.66. The van der Waals surface area contributed by atoms with Crippen molar-refractivity contribution in [1.82, 2.24) is 9.55 Å². The second-order valence-electron chi connectivity index (χ2n) is 7.12. The summed E-state index contributed by atoms with van der Waals surface area (Å²) in [6.45, 7) is 1.37.